The number of para-hydroxylation sites is 1. The minimum atomic E-state index is -0.992. The van der Waals surface area contributed by atoms with Gasteiger partial charge in [-0.1, -0.05) is 18.2 Å². The van der Waals surface area contributed by atoms with E-state index in [1.165, 1.54) is 5.56 Å². The van der Waals surface area contributed by atoms with Crippen molar-refractivity contribution in [2.75, 3.05) is 0 Å². The zero-order valence-corrected chi connectivity index (χ0v) is 11.9. The minimum absolute atomic E-state index is 0.197. The molecule has 1 aliphatic carbocycles. The molecule has 1 aliphatic rings. The molecule has 110 valence electrons. The standard InChI is InChI=1S/C16H18N2O3/c1-10-3-2-4-12-11(9-17-14(10)12)5-6-13(19)18-16(7-8-16)15(20)21/h2-4,9,17H,5-8H2,1H3,(H,18,19)(H,20,21). The molecule has 0 radical (unpaired) electrons. The summed E-state index contributed by atoms with van der Waals surface area (Å²) in [5.41, 5.74) is 2.36. The number of H-pyrrole nitrogens is 1. The first-order valence-corrected chi connectivity index (χ1v) is 7.12. The van der Waals surface area contributed by atoms with Gasteiger partial charge in [-0.15, -0.1) is 0 Å². The van der Waals surface area contributed by atoms with Crippen LogP contribution < -0.4 is 5.32 Å². The molecular formula is C16H18N2O3. The Hall–Kier alpha value is -2.30. The first-order valence-electron chi connectivity index (χ1n) is 7.12. The zero-order chi connectivity index (χ0) is 15.0. The summed E-state index contributed by atoms with van der Waals surface area (Å²) in [7, 11) is 0. The monoisotopic (exact) mass is 286 g/mol. The van der Waals surface area contributed by atoms with Crippen molar-refractivity contribution in [2.45, 2.75) is 38.1 Å². The van der Waals surface area contributed by atoms with Crippen molar-refractivity contribution in [1.29, 1.82) is 0 Å². The third-order valence-electron chi connectivity index (χ3n) is 4.17. The van der Waals surface area contributed by atoms with Gasteiger partial charge in [0.25, 0.3) is 0 Å². The summed E-state index contributed by atoms with van der Waals surface area (Å²) in [6.07, 6.45) is 3.89. The van der Waals surface area contributed by atoms with E-state index >= 15 is 0 Å². The molecule has 5 nitrogen and oxygen atoms in total. The molecule has 0 spiro atoms. The number of rotatable bonds is 5. The third kappa shape index (κ3) is 2.51. The second kappa shape index (κ2) is 4.91. The van der Waals surface area contributed by atoms with Crippen LogP contribution in [0.1, 0.15) is 30.4 Å². The highest BCUT2D eigenvalue weighted by atomic mass is 16.4. The Labute approximate surface area is 122 Å². The second-order valence-corrected chi connectivity index (χ2v) is 5.75. The number of hydrogen-bond acceptors (Lipinski definition) is 2. The number of carboxylic acid groups (broad SMARTS) is 1. The fourth-order valence-electron chi connectivity index (χ4n) is 2.67. The first-order chi connectivity index (χ1) is 10.0. The quantitative estimate of drug-likeness (QED) is 0.787. The molecular weight excluding hydrogens is 268 g/mol. The lowest BCUT2D eigenvalue weighted by Crippen LogP contribution is -2.43. The van der Waals surface area contributed by atoms with Crippen LogP contribution in [-0.4, -0.2) is 27.5 Å². The number of fused-ring (bicyclic) bond motifs is 1. The maximum atomic E-state index is 11.9. The fourth-order valence-corrected chi connectivity index (χ4v) is 2.67. The number of carbonyl (C=O) groups excluding carboxylic acids is 1. The number of benzene rings is 1. The number of aliphatic carboxylic acids is 1. The SMILES string of the molecule is Cc1cccc2c(CCC(=O)NC3(C(=O)O)CC3)c[nH]c12. The molecule has 1 fully saturated rings. The summed E-state index contributed by atoms with van der Waals surface area (Å²) in [6, 6.07) is 6.07. The molecule has 1 aromatic carbocycles. The Morgan fingerprint density at radius 2 is 2.14 bits per heavy atom. The molecule has 3 N–H and O–H groups in total. The topological polar surface area (TPSA) is 82.2 Å². The molecule has 1 amide bonds. The van der Waals surface area contributed by atoms with Gasteiger partial charge in [-0.2, -0.15) is 0 Å². The van der Waals surface area contributed by atoms with Crippen LogP contribution in [0.15, 0.2) is 24.4 Å². The molecule has 1 heterocycles. The van der Waals surface area contributed by atoms with Crippen molar-refractivity contribution in [3.63, 3.8) is 0 Å². The van der Waals surface area contributed by atoms with Crippen LogP contribution in [0, 0.1) is 6.92 Å². The molecule has 5 heteroatoms. The van der Waals surface area contributed by atoms with Crippen LogP contribution in [0.4, 0.5) is 0 Å². The third-order valence-corrected chi connectivity index (χ3v) is 4.17. The van der Waals surface area contributed by atoms with Crippen LogP contribution in [-0.2, 0) is 16.0 Å². The van der Waals surface area contributed by atoms with Gasteiger partial charge in [0.1, 0.15) is 5.54 Å². The van der Waals surface area contributed by atoms with Crippen molar-refractivity contribution >= 4 is 22.8 Å². The summed E-state index contributed by atoms with van der Waals surface area (Å²) in [6.45, 7) is 2.04. The summed E-state index contributed by atoms with van der Waals surface area (Å²) in [4.78, 5) is 26.2. The second-order valence-electron chi connectivity index (χ2n) is 5.75. The van der Waals surface area contributed by atoms with E-state index in [2.05, 4.69) is 10.3 Å². The summed E-state index contributed by atoms with van der Waals surface area (Å²) >= 11 is 0. The Kier molecular flexibility index (Phi) is 3.20. The lowest BCUT2D eigenvalue weighted by atomic mass is 10.1. The van der Waals surface area contributed by atoms with Crippen molar-refractivity contribution in [3.05, 3.63) is 35.5 Å². The van der Waals surface area contributed by atoms with Gasteiger partial charge in [0.2, 0.25) is 5.91 Å². The van der Waals surface area contributed by atoms with Crippen LogP contribution in [0.3, 0.4) is 0 Å². The lowest BCUT2D eigenvalue weighted by Gasteiger charge is -2.12. The largest absolute Gasteiger partial charge is 0.480 e. The van der Waals surface area contributed by atoms with Crippen molar-refractivity contribution in [1.82, 2.24) is 10.3 Å². The van der Waals surface area contributed by atoms with Crippen LogP contribution in [0.5, 0.6) is 0 Å². The van der Waals surface area contributed by atoms with E-state index in [-0.39, 0.29) is 5.91 Å². The number of aromatic nitrogens is 1. The number of hydrogen-bond donors (Lipinski definition) is 3. The molecule has 1 saturated carbocycles. The normalized spacial score (nSPS) is 15.9. The van der Waals surface area contributed by atoms with Crippen LogP contribution >= 0.6 is 0 Å². The number of nitrogens with one attached hydrogen (secondary N) is 2. The lowest BCUT2D eigenvalue weighted by molar-refractivity contribution is -0.143. The fraction of sp³-hybridized carbons (Fsp3) is 0.375. The average Bonchev–Trinajstić information content (AvgIpc) is 3.10. The predicted molar refractivity (Wildman–Crippen MR) is 79.1 cm³/mol. The van der Waals surface area contributed by atoms with E-state index in [1.807, 2.05) is 31.3 Å². The van der Waals surface area contributed by atoms with Crippen LogP contribution in [0.25, 0.3) is 10.9 Å². The Morgan fingerprint density at radius 1 is 1.38 bits per heavy atom. The molecule has 0 unspecified atom stereocenters. The van der Waals surface area contributed by atoms with Crippen LogP contribution in [0.2, 0.25) is 0 Å². The molecule has 2 aromatic rings. The predicted octanol–water partition coefficient (Wildman–Crippen LogP) is 2.14. The van der Waals surface area contributed by atoms with Gasteiger partial charge in [-0.3, -0.25) is 4.79 Å². The highest BCUT2D eigenvalue weighted by Crippen LogP contribution is 2.35. The maximum Gasteiger partial charge on any atom is 0.329 e. The number of amides is 1. The zero-order valence-electron chi connectivity index (χ0n) is 11.9. The van der Waals surface area contributed by atoms with Gasteiger partial charge in [-0.05, 0) is 37.3 Å². The number of carbonyl (C=O) groups is 2. The Morgan fingerprint density at radius 3 is 2.81 bits per heavy atom. The maximum absolute atomic E-state index is 11.9. The Bertz CT molecular complexity index is 713. The summed E-state index contributed by atoms with van der Waals surface area (Å²) in [5.74, 6) is -1.13. The van der Waals surface area contributed by atoms with E-state index in [1.54, 1.807) is 0 Å². The Balaban J connectivity index is 1.66. The molecule has 0 aliphatic heterocycles. The minimum Gasteiger partial charge on any atom is -0.480 e. The molecule has 21 heavy (non-hydrogen) atoms. The molecule has 3 rings (SSSR count). The van der Waals surface area contributed by atoms with E-state index in [9.17, 15) is 9.59 Å². The smallest absolute Gasteiger partial charge is 0.329 e. The van der Waals surface area contributed by atoms with E-state index in [0.29, 0.717) is 25.7 Å². The van der Waals surface area contributed by atoms with Gasteiger partial charge < -0.3 is 15.4 Å². The highest BCUT2D eigenvalue weighted by Gasteiger charge is 2.51. The molecule has 0 atom stereocenters. The van der Waals surface area contributed by atoms with Gasteiger partial charge >= 0.3 is 5.97 Å². The molecule has 0 saturated heterocycles. The first kappa shape index (κ1) is 13.7. The van der Waals surface area contributed by atoms with Gasteiger partial charge in [0.15, 0.2) is 0 Å². The average molecular weight is 286 g/mol. The van der Waals surface area contributed by atoms with Gasteiger partial charge in [-0.25, -0.2) is 4.79 Å². The van der Waals surface area contributed by atoms with Gasteiger partial charge in [0.05, 0.1) is 0 Å². The summed E-state index contributed by atoms with van der Waals surface area (Å²) < 4.78 is 0. The van der Waals surface area contributed by atoms with E-state index in [4.69, 9.17) is 5.11 Å². The van der Waals surface area contributed by atoms with Crippen molar-refractivity contribution in [3.8, 4) is 0 Å². The van der Waals surface area contributed by atoms with E-state index in [0.717, 1.165) is 16.5 Å². The summed E-state index contributed by atoms with van der Waals surface area (Å²) in [5, 5.41) is 12.8. The van der Waals surface area contributed by atoms with Gasteiger partial charge in [0, 0.05) is 23.5 Å². The number of carboxylic acids is 1. The van der Waals surface area contributed by atoms with Crippen molar-refractivity contribution in [2.24, 2.45) is 0 Å². The molecule has 0 bridgehead atoms. The number of aryl methyl sites for hydroxylation is 2. The highest BCUT2D eigenvalue weighted by molar-refractivity contribution is 5.90. The van der Waals surface area contributed by atoms with Crippen molar-refractivity contribution < 1.29 is 14.7 Å². The number of aromatic amines is 1. The molecule has 1 aromatic heterocycles. The van der Waals surface area contributed by atoms with E-state index < -0.39 is 11.5 Å².